The molecule has 1 aliphatic heterocycles. The number of aromatic nitrogens is 1. The number of likely N-dealkylation sites (tertiary alicyclic amines) is 1. The van der Waals surface area contributed by atoms with Gasteiger partial charge in [0.1, 0.15) is 12.2 Å². The number of hydrogen-bond acceptors (Lipinski definition) is 6. The number of ether oxygens (including phenoxy) is 2. The predicted octanol–water partition coefficient (Wildman–Crippen LogP) is 3.24. The fourth-order valence-corrected chi connectivity index (χ4v) is 2.56. The van der Waals surface area contributed by atoms with Crippen LogP contribution in [0.5, 0.6) is 0 Å². The molecular formula is C19H29N3O4. The number of hydrogen-bond donors (Lipinski definition) is 0. The van der Waals surface area contributed by atoms with E-state index in [2.05, 4.69) is 10.1 Å². The first-order valence-corrected chi connectivity index (χ1v) is 9.01. The first-order valence-electron chi connectivity index (χ1n) is 9.01. The summed E-state index contributed by atoms with van der Waals surface area (Å²) in [5, 5.41) is 4.07. The largest absolute Gasteiger partial charge is 0.444 e. The van der Waals surface area contributed by atoms with Gasteiger partial charge in [-0.05, 0) is 52.7 Å². The molecule has 2 rings (SSSR count). The summed E-state index contributed by atoms with van der Waals surface area (Å²) in [5.41, 5.74) is 1.25. The summed E-state index contributed by atoms with van der Waals surface area (Å²) in [6, 6.07) is 3.80. The third-order valence-electron chi connectivity index (χ3n) is 3.90. The molecule has 1 aliphatic rings. The van der Waals surface area contributed by atoms with Crippen molar-refractivity contribution in [3.8, 4) is 0 Å². The monoisotopic (exact) mass is 363 g/mol. The Morgan fingerprint density at radius 3 is 2.65 bits per heavy atom. The number of pyridine rings is 1. The fraction of sp³-hybridized carbons (Fsp3) is 0.632. The maximum atomic E-state index is 12.0. The van der Waals surface area contributed by atoms with Gasteiger partial charge in [-0.3, -0.25) is 4.98 Å². The topological polar surface area (TPSA) is 73.2 Å². The number of amides is 1. The Hall–Kier alpha value is -2.15. The van der Waals surface area contributed by atoms with Crippen LogP contribution in [0.3, 0.4) is 0 Å². The molecule has 26 heavy (non-hydrogen) atoms. The molecule has 7 heteroatoms. The van der Waals surface area contributed by atoms with E-state index in [-0.39, 0.29) is 12.2 Å². The summed E-state index contributed by atoms with van der Waals surface area (Å²) in [5.74, 6) is 0. The lowest BCUT2D eigenvalue weighted by Gasteiger charge is -2.33. The van der Waals surface area contributed by atoms with Crippen LogP contribution in [0.2, 0.25) is 0 Å². The third-order valence-corrected chi connectivity index (χ3v) is 3.90. The lowest BCUT2D eigenvalue weighted by Crippen LogP contribution is -2.43. The van der Waals surface area contributed by atoms with Gasteiger partial charge < -0.3 is 19.2 Å². The molecule has 0 unspecified atom stereocenters. The molecule has 0 bridgehead atoms. The van der Waals surface area contributed by atoms with E-state index in [9.17, 15) is 4.79 Å². The van der Waals surface area contributed by atoms with Gasteiger partial charge in [0.25, 0.3) is 0 Å². The Morgan fingerprint density at radius 1 is 1.31 bits per heavy atom. The first-order chi connectivity index (χ1) is 12.3. The Bertz CT molecular complexity index is 591. The zero-order valence-corrected chi connectivity index (χ0v) is 16.1. The van der Waals surface area contributed by atoms with Gasteiger partial charge in [-0.25, -0.2) is 4.79 Å². The highest BCUT2D eigenvalue weighted by Crippen LogP contribution is 2.17. The van der Waals surface area contributed by atoms with Crippen molar-refractivity contribution >= 4 is 11.8 Å². The van der Waals surface area contributed by atoms with E-state index >= 15 is 0 Å². The van der Waals surface area contributed by atoms with Crippen molar-refractivity contribution in [1.82, 2.24) is 9.88 Å². The summed E-state index contributed by atoms with van der Waals surface area (Å²) in [6.45, 7) is 9.67. The zero-order valence-electron chi connectivity index (χ0n) is 16.1. The van der Waals surface area contributed by atoms with Crippen LogP contribution in [0.25, 0.3) is 0 Å². The van der Waals surface area contributed by atoms with Gasteiger partial charge in [-0.2, -0.15) is 0 Å². The summed E-state index contributed by atoms with van der Waals surface area (Å²) < 4.78 is 11.2. The number of carbonyl (C=O) groups is 1. The number of nitrogens with zero attached hydrogens (tertiary/aromatic N) is 3. The number of rotatable bonds is 6. The van der Waals surface area contributed by atoms with E-state index in [0.717, 1.165) is 24.1 Å². The van der Waals surface area contributed by atoms with Crippen molar-refractivity contribution in [2.24, 2.45) is 5.16 Å². The van der Waals surface area contributed by atoms with Crippen molar-refractivity contribution in [2.45, 2.75) is 52.2 Å². The molecule has 0 aliphatic carbocycles. The molecule has 1 aromatic heterocycles. The third kappa shape index (κ3) is 7.00. The maximum absolute atomic E-state index is 12.0. The average Bonchev–Trinajstić information content (AvgIpc) is 2.61. The second-order valence-electron chi connectivity index (χ2n) is 7.29. The summed E-state index contributed by atoms with van der Waals surface area (Å²) in [4.78, 5) is 23.1. The second kappa shape index (κ2) is 9.52. The summed E-state index contributed by atoms with van der Waals surface area (Å²) in [7, 11) is 0. The molecule has 1 fully saturated rings. The number of piperidine rings is 1. The van der Waals surface area contributed by atoms with Crippen LogP contribution in [0.1, 0.15) is 46.1 Å². The highest BCUT2D eigenvalue weighted by atomic mass is 16.6. The molecule has 1 saturated heterocycles. The van der Waals surface area contributed by atoms with E-state index in [1.165, 1.54) is 0 Å². The Kier molecular flexibility index (Phi) is 7.38. The smallest absolute Gasteiger partial charge is 0.410 e. The van der Waals surface area contributed by atoms with E-state index in [4.69, 9.17) is 14.3 Å². The molecule has 1 aromatic rings. The lowest BCUT2D eigenvalue weighted by atomic mass is 10.1. The van der Waals surface area contributed by atoms with Gasteiger partial charge >= 0.3 is 6.09 Å². The van der Waals surface area contributed by atoms with Gasteiger partial charge in [-0.15, -0.1) is 0 Å². The quantitative estimate of drug-likeness (QED) is 0.441. The van der Waals surface area contributed by atoms with Crippen molar-refractivity contribution in [2.75, 3.05) is 26.3 Å². The normalized spacial score (nSPS) is 16.5. The zero-order chi connectivity index (χ0) is 19.0. The molecule has 0 spiro atoms. The molecule has 144 valence electrons. The number of carbonyl (C=O) groups excluding carboxylic acids is 1. The van der Waals surface area contributed by atoms with Crippen molar-refractivity contribution in [1.29, 1.82) is 0 Å². The SMILES string of the molecule is CC(=NOCCOC1CCN(C(=O)OC(C)(C)C)CC1)c1cccnc1. The Balaban J connectivity index is 1.61. The molecular weight excluding hydrogens is 334 g/mol. The molecule has 1 amide bonds. The highest BCUT2D eigenvalue weighted by Gasteiger charge is 2.27. The average molecular weight is 363 g/mol. The maximum Gasteiger partial charge on any atom is 0.410 e. The van der Waals surface area contributed by atoms with E-state index in [1.54, 1.807) is 17.3 Å². The lowest BCUT2D eigenvalue weighted by molar-refractivity contribution is -0.0287. The minimum atomic E-state index is -0.462. The molecule has 0 aromatic carbocycles. The fourth-order valence-electron chi connectivity index (χ4n) is 2.56. The van der Waals surface area contributed by atoms with Crippen LogP contribution in [0, 0.1) is 0 Å². The second-order valence-corrected chi connectivity index (χ2v) is 7.29. The van der Waals surface area contributed by atoms with Crippen LogP contribution in [0.4, 0.5) is 4.79 Å². The minimum absolute atomic E-state index is 0.140. The van der Waals surface area contributed by atoms with E-state index in [1.807, 2.05) is 39.8 Å². The van der Waals surface area contributed by atoms with Gasteiger partial charge in [0.2, 0.25) is 0 Å². The summed E-state index contributed by atoms with van der Waals surface area (Å²) >= 11 is 0. The van der Waals surface area contributed by atoms with Crippen LogP contribution in [-0.4, -0.2) is 59.7 Å². The molecule has 7 nitrogen and oxygen atoms in total. The number of oxime groups is 1. The van der Waals surface area contributed by atoms with Crippen molar-refractivity contribution in [3.05, 3.63) is 30.1 Å². The van der Waals surface area contributed by atoms with Crippen LogP contribution in [-0.2, 0) is 14.3 Å². The van der Waals surface area contributed by atoms with Crippen molar-refractivity contribution in [3.63, 3.8) is 0 Å². The predicted molar refractivity (Wildman–Crippen MR) is 99.2 cm³/mol. The van der Waals surface area contributed by atoms with Gasteiger partial charge in [0.05, 0.1) is 18.4 Å². The van der Waals surface area contributed by atoms with Gasteiger partial charge in [-0.1, -0.05) is 5.16 Å². The highest BCUT2D eigenvalue weighted by molar-refractivity contribution is 5.97. The molecule has 0 saturated carbocycles. The molecule has 0 N–H and O–H groups in total. The van der Waals surface area contributed by atoms with Crippen molar-refractivity contribution < 1.29 is 19.1 Å². The first kappa shape index (κ1) is 20.2. The summed E-state index contributed by atoms with van der Waals surface area (Å²) in [6.07, 6.45) is 4.96. The van der Waals surface area contributed by atoms with Crippen LogP contribution < -0.4 is 0 Å². The standard InChI is InChI=1S/C19H29N3O4/c1-15(16-6-5-9-20-14-16)21-25-13-12-24-17-7-10-22(11-8-17)18(23)26-19(2,3)4/h5-6,9,14,17H,7-8,10-13H2,1-4H3. The van der Waals surface area contributed by atoms with E-state index < -0.39 is 5.60 Å². The van der Waals surface area contributed by atoms with Gasteiger partial charge in [0, 0.05) is 31.0 Å². The minimum Gasteiger partial charge on any atom is -0.444 e. The molecule has 0 atom stereocenters. The van der Waals surface area contributed by atoms with Gasteiger partial charge in [0.15, 0.2) is 0 Å². The Labute approximate surface area is 155 Å². The Morgan fingerprint density at radius 2 is 2.04 bits per heavy atom. The van der Waals surface area contributed by atoms with Crippen LogP contribution >= 0.6 is 0 Å². The van der Waals surface area contributed by atoms with Crippen LogP contribution in [0.15, 0.2) is 29.7 Å². The van der Waals surface area contributed by atoms with E-state index in [0.29, 0.717) is 26.3 Å². The molecule has 0 radical (unpaired) electrons. The molecule has 2 heterocycles.